The number of carbonyl (C=O) groups excluding carboxylic acids is 2. The second-order valence-corrected chi connectivity index (χ2v) is 5.69. The van der Waals surface area contributed by atoms with Gasteiger partial charge in [0.25, 0.3) is 0 Å². The number of esters is 1. The Morgan fingerprint density at radius 2 is 1.87 bits per heavy atom. The van der Waals surface area contributed by atoms with Crippen LogP contribution in [0.2, 0.25) is 0 Å². The highest BCUT2D eigenvalue weighted by molar-refractivity contribution is 5.84. The van der Waals surface area contributed by atoms with E-state index >= 15 is 0 Å². The minimum atomic E-state index is -1.03. The third-order valence-corrected chi connectivity index (χ3v) is 3.53. The SMILES string of the molecule is CCCCCCC(=O)N[C@@H](C(=O)OCc1ccccc1)[C@@H](C)O. The van der Waals surface area contributed by atoms with Gasteiger partial charge in [0.15, 0.2) is 6.04 Å². The summed E-state index contributed by atoms with van der Waals surface area (Å²) in [5, 5.41) is 12.3. The van der Waals surface area contributed by atoms with Gasteiger partial charge < -0.3 is 15.2 Å². The number of benzene rings is 1. The fourth-order valence-electron chi connectivity index (χ4n) is 2.15. The van der Waals surface area contributed by atoms with Crippen molar-refractivity contribution in [1.82, 2.24) is 5.32 Å². The topological polar surface area (TPSA) is 75.6 Å². The minimum Gasteiger partial charge on any atom is -0.459 e. The molecular weight excluding hydrogens is 294 g/mol. The fraction of sp³-hybridized carbons (Fsp3) is 0.556. The quantitative estimate of drug-likeness (QED) is 0.513. The predicted octanol–water partition coefficient (Wildman–Crippen LogP) is 2.57. The van der Waals surface area contributed by atoms with Crippen molar-refractivity contribution in [1.29, 1.82) is 0 Å². The van der Waals surface area contributed by atoms with E-state index in [1.54, 1.807) is 0 Å². The van der Waals surface area contributed by atoms with Gasteiger partial charge in [0.2, 0.25) is 5.91 Å². The maximum atomic E-state index is 12.1. The predicted molar refractivity (Wildman–Crippen MR) is 88.6 cm³/mol. The largest absolute Gasteiger partial charge is 0.459 e. The molecule has 0 fully saturated rings. The van der Waals surface area contributed by atoms with Crippen LogP contribution in [0.4, 0.5) is 0 Å². The lowest BCUT2D eigenvalue weighted by Gasteiger charge is -2.20. The van der Waals surface area contributed by atoms with Gasteiger partial charge in [-0.05, 0) is 18.9 Å². The Morgan fingerprint density at radius 3 is 2.48 bits per heavy atom. The van der Waals surface area contributed by atoms with Crippen LogP contribution in [0.5, 0.6) is 0 Å². The van der Waals surface area contributed by atoms with Crippen molar-refractivity contribution in [2.24, 2.45) is 0 Å². The maximum Gasteiger partial charge on any atom is 0.331 e. The number of nitrogens with one attached hydrogen (secondary N) is 1. The van der Waals surface area contributed by atoms with E-state index in [0.29, 0.717) is 6.42 Å². The summed E-state index contributed by atoms with van der Waals surface area (Å²) < 4.78 is 5.18. The zero-order valence-corrected chi connectivity index (χ0v) is 14.0. The number of amides is 1. The van der Waals surface area contributed by atoms with Gasteiger partial charge in [-0.25, -0.2) is 4.79 Å². The van der Waals surface area contributed by atoms with Crippen LogP contribution in [0.1, 0.15) is 51.5 Å². The van der Waals surface area contributed by atoms with Crippen molar-refractivity contribution < 1.29 is 19.4 Å². The molecule has 0 aliphatic rings. The number of rotatable bonds is 10. The molecule has 0 unspecified atom stereocenters. The Morgan fingerprint density at radius 1 is 1.17 bits per heavy atom. The molecule has 0 spiro atoms. The molecule has 0 bridgehead atoms. The summed E-state index contributed by atoms with van der Waals surface area (Å²) >= 11 is 0. The molecule has 0 aromatic heterocycles. The van der Waals surface area contributed by atoms with Crippen LogP contribution < -0.4 is 5.32 Å². The first-order valence-corrected chi connectivity index (χ1v) is 8.22. The first-order valence-electron chi connectivity index (χ1n) is 8.22. The maximum absolute atomic E-state index is 12.1. The van der Waals surface area contributed by atoms with Gasteiger partial charge in [-0.1, -0.05) is 56.5 Å². The van der Waals surface area contributed by atoms with E-state index in [0.717, 1.165) is 31.2 Å². The van der Waals surface area contributed by atoms with Crippen molar-refractivity contribution in [2.45, 2.75) is 64.7 Å². The van der Waals surface area contributed by atoms with E-state index < -0.39 is 18.1 Å². The Labute approximate surface area is 138 Å². The number of aliphatic hydroxyl groups excluding tert-OH is 1. The molecule has 2 atom stereocenters. The van der Waals surface area contributed by atoms with Gasteiger partial charge in [-0.3, -0.25) is 4.79 Å². The van der Waals surface area contributed by atoms with Gasteiger partial charge in [0.1, 0.15) is 6.61 Å². The zero-order valence-electron chi connectivity index (χ0n) is 14.0. The normalized spacial score (nSPS) is 13.2. The van der Waals surface area contributed by atoms with Crippen LogP contribution in [0, 0.1) is 0 Å². The highest BCUT2D eigenvalue weighted by Crippen LogP contribution is 2.06. The van der Waals surface area contributed by atoms with E-state index in [1.807, 2.05) is 30.3 Å². The second kappa shape index (κ2) is 10.8. The average Bonchev–Trinajstić information content (AvgIpc) is 2.55. The molecule has 0 heterocycles. The summed E-state index contributed by atoms with van der Waals surface area (Å²) in [5.41, 5.74) is 0.857. The molecule has 2 N–H and O–H groups in total. The standard InChI is InChI=1S/C18H27NO4/c1-3-4-5-9-12-16(21)19-17(14(2)20)18(22)23-13-15-10-7-6-8-11-15/h6-8,10-11,14,17,20H,3-5,9,12-13H2,1-2H3,(H,19,21)/t14-,17-/m1/s1. The van der Waals surface area contributed by atoms with E-state index in [4.69, 9.17) is 4.74 Å². The zero-order chi connectivity index (χ0) is 17.1. The second-order valence-electron chi connectivity index (χ2n) is 5.69. The third kappa shape index (κ3) is 7.79. The van der Waals surface area contributed by atoms with Gasteiger partial charge in [-0.2, -0.15) is 0 Å². The lowest BCUT2D eigenvalue weighted by atomic mass is 10.1. The van der Waals surface area contributed by atoms with Crippen LogP contribution in [0.15, 0.2) is 30.3 Å². The molecule has 0 saturated carbocycles. The van der Waals surface area contributed by atoms with Crippen molar-refractivity contribution >= 4 is 11.9 Å². The molecule has 5 heteroatoms. The van der Waals surface area contributed by atoms with E-state index in [1.165, 1.54) is 6.92 Å². The van der Waals surface area contributed by atoms with E-state index in [9.17, 15) is 14.7 Å². The van der Waals surface area contributed by atoms with Crippen LogP contribution in [0.25, 0.3) is 0 Å². The average molecular weight is 321 g/mol. The summed E-state index contributed by atoms with van der Waals surface area (Å²) in [6.45, 7) is 3.69. The summed E-state index contributed by atoms with van der Waals surface area (Å²) in [7, 11) is 0. The summed E-state index contributed by atoms with van der Waals surface area (Å²) in [6.07, 6.45) is 3.32. The monoisotopic (exact) mass is 321 g/mol. The number of hydrogen-bond donors (Lipinski definition) is 2. The molecule has 128 valence electrons. The fourth-order valence-corrected chi connectivity index (χ4v) is 2.15. The highest BCUT2D eigenvalue weighted by atomic mass is 16.5. The molecular formula is C18H27NO4. The summed E-state index contributed by atoms with van der Waals surface area (Å²) in [4.78, 5) is 23.9. The molecule has 1 aromatic carbocycles. The van der Waals surface area contributed by atoms with Gasteiger partial charge >= 0.3 is 5.97 Å². The van der Waals surface area contributed by atoms with E-state index in [-0.39, 0.29) is 12.5 Å². The van der Waals surface area contributed by atoms with Gasteiger partial charge in [-0.15, -0.1) is 0 Å². The number of unbranched alkanes of at least 4 members (excludes halogenated alkanes) is 3. The highest BCUT2D eigenvalue weighted by Gasteiger charge is 2.26. The minimum absolute atomic E-state index is 0.120. The van der Waals surface area contributed by atoms with Crippen molar-refractivity contribution in [2.75, 3.05) is 0 Å². The molecule has 1 amide bonds. The smallest absolute Gasteiger partial charge is 0.331 e. The van der Waals surface area contributed by atoms with Crippen LogP contribution in [0.3, 0.4) is 0 Å². The Kier molecular flexibility index (Phi) is 8.98. The molecule has 23 heavy (non-hydrogen) atoms. The van der Waals surface area contributed by atoms with Crippen molar-refractivity contribution in [3.05, 3.63) is 35.9 Å². The molecule has 0 aliphatic carbocycles. The molecule has 0 saturated heterocycles. The van der Waals surface area contributed by atoms with Crippen LogP contribution in [-0.2, 0) is 20.9 Å². The number of carbonyl (C=O) groups is 2. The van der Waals surface area contributed by atoms with Crippen LogP contribution >= 0.6 is 0 Å². The van der Waals surface area contributed by atoms with E-state index in [2.05, 4.69) is 12.2 Å². The van der Waals surface area contributed by atoms with Gasteiger partial charge in [0.05, 0.1) is 6.10 Å². The number of ether oxygens (including phenoxy) is 1. The number of hydrogen-bond acceptors (Lipinski definition) is 4. The molecule has 0 radical (unpaired) electrons. The first-order chi connectivity index (χ1) is 11.0. The summed E-state index contributed by atoms with van der Waals surface area (Å²) in [5.74, 6) is -0.852. The Bertz CT molecular complexity index is 473. The lowest BCUT2D eigenvalue weighted by molar-refractivity contribution is -0.152. The van der Waals surface area contributed by atoms with Crippen molar-refractivity contribution in [3.8, 4) is 0 Å². The lowest BCUT2D eigenvalue weighted by Crippen LogP contribution is -2.48. The summed E-state index contributed by atoms with van der Waals surface area (Å²) in [6, 6.07) is 8.25. The van der Waals surface area contributed by atoms with Crippen LogP contribution in [-0.4, -0.2) is 29.1 Å². The molecule has 1 aromatic rings. The third-order valence-electron chi connectivity index (χ3n) is 3.53. The van der Waals surface area contributed by atoms with Gasteiger partial charge in [0, 0.05) is 6.42 Å². The molecule has 1 rings (SSSR count). The first kappa shape index (κ1) is 19.2. The molecule has 5 nitrogen and oxygen atoms in total. The van der Waals surface area contributed by atoms with Crippen molar-refractivity contribution in [3.63, 3.8) is 0 Å². The Balaban J connectivity index is 2.43. The Hall–Kier alpha value is -1.88. The molecule has 0 aliphatic heterocycles. The number of aliphatic hydroxyl groups is 1.